The summed E-state index contributed by atoms with van der Waals surface area (Å²) in [5, 5.41) is 11.1. The van der Waals surface area contributed by atoms with E-state index in [9.17, 15) is 4.79 Å². The molecule has 4 nitrogen and oxygen atoms in total. The Morgan fingerprint density at radius 2 is 2.38 bits per heavy atom. The van der Waals surface area contributed by atoms with Crippen LogP contribution in [0.25, 0.3) is 0 Å². The number of nitrogens with one attached hydrogen (secondary N) is 1. The van der Waals surface area contributed by atoms with E-state index in [4.69, 9.17) is 9.84 Å². The lowest BCUT2D eigenvalue weighted by molar-refractivity contribution is -0.124. The van der Waals surface area contributed by atoms with E-state index in [2.05, 4.69) is 5.32 Å². The molecular weight excluding hydrogens is 170 g/mol. The Labute approximate surface area is 78.3 Å². The standard InChI is InChI=1S/C9H17NO3/c1-9(2)4-3-7(13-9)5-10-8(12)6-11/h7,11H,3-6H2,1-2H3,(H,10,12). The van der Waals surface area contributed by atoms with Crippen LogP contribution in [0.3, 0.4) is 0 Å². The number of hydrogen-bond acceptors (Lipinski definition) is 3. The van der Waals surface area contributed by atoms with Crippen molar-refractivity contribution in [2.24, 2.45) is 0 Å². The first-order chi connectivity index (χ1) is 6.03. The van der Waals surface area contributed by atoms with Gasteiger partial charge < -0.3 is 15.2 Å². The van der Waals surface area contributed by atoms with E-state index in [0.29, 0.717) is 6.54 Å². The predicted octanol–water partition coefficient (Wildman–Crippen LogP) is 0.0525. The second kappa shape index (κ2) is 4.07. The fourth-order valence-corrected chi connectivity index (χ4v) is 1.50. The number of ether oxygens (including phenoxy) is 1. The van der Waals surface area contributed by atoms with Gasteiger partial charge in [-0.25, -0.2) is 0 Å². The van der Waals surface area contributed by atoms with Gasteiger partial charge in [-0.3, -0.25) is 4.79 Å². The molecular formula is C9H17NO3. The van der Waals surface area contributed by atoms with Gasteiger partial charge in [0, 0.05) is 6.54 Å². The van der Waals surface area contributed by atoms with Gasteiger partial charge in [0.15, 0.2) is 0 Å². The Hall–Kier alpha value is -0.610. The number of aliphatic hydroxyl groups is 1. The lowest BCUT2D eigenvalue weighted by Crippen LogP contribution is -2.34. The summed E-state index contributed by atoms with van der Waals surface area (Å²) in [6.45, 7) is 4.14. The van der Waals surface area contributed by atoms with Crippen LogP contribution in [0.2, 0.25) is 0 Å². The first-order valence-electron chi connectivity index (χ1n) is 4.59. The van der Waals surface area contributed by atoms with Gasteiger partial charge in [0.1, 0.15) is 6.61 Å². The average molecular weight is 187 g/mol. The minimum absolute atomic E-state index is 0.0609. The van der Waals surface area contributed by atoms with Gasteiger partial charge in [-0.15, -0.1) is 0 Å². The smallest absolute Gasteiger partial charge is 0.245 e. The van der Waals surface area contributed by atoms with Crippen molar-refractivity contribution in [2.75, 3.05) is 13.2 Å². The van der Waals surface area contributed by atoms with Crippen molar-refractivity contribution in [3.63, 3.8) is 0 Å². The summed E-state index contributed by atoms with van der Waals surface area (Å²) >= 11 is 0. The van der Waals surface area contributed by atoms with Gasteiger partial charge in [-0.05, 0) is 26.7 Å². The zero-order chi connectivity index (χ0) is 9.90. The number of carbonyl (C=O) groups excluding carboxylic acids is 1. The van der Waals surface area contributed by atoms with Crippen LogP contribution < -0.4 is 5.32 Å². The van der Waals surface area contributed by atoms with Crippen LogP contribution in [0, 0.1) is 0 Å². The molecule has 0 aromatic heterocycles. The highest BCUT2D eigenvalue weighted by molar-refractivity contribution is 5.76. The molecule has 0 aromatic rings. The molecule has 0 aliphatic carbocycles. The molecule has 1 aliphatic rings. The number of amides is 1. The zero-order valence-corrected chi connectivity index (χ0v) is 8.17. The maximum absolute atomic E-state index is 10.7. The van der Waals surface area contributed by atoms with Gasteiger partial charge in [-0.2, -0.15) is 0 Å². The lowest BCUT2D eigenvalue weighted by atomic mass is 10.1. The third-order valence-electron chi connectivity index (χ3n) is 2.22. The molecule has 2 N–H and O–H groups in total. The molecule has 4 heteroatoms. The van der Waals surface area contributed by atoms with Gasteiger partial charge in [0.05, 0.1) is 11.7 Å². The quantitative estimate of drug-likeness (QED) is 0.656. The van der Waals surface area contributed by atoms with Crippen molar-refractivity contribution in [1.82, 2.24) is 5.32 Å². The van der Waals surface area contributed by atoms with Crippen LogP contribution in [-0.4, -0.2) is 35.9 Å². The van der Waals surface area contributed by atoms with Crippen LogP contribution in [0.5, 0.6) is 0 Å². The second-order valence-corrected chi connectivity index (χ2v) is 4.00. The summed E-state index contributed by atoms with van der Waals surface area (Å²) in [4.78, 5) is 10.7. The molecule has 0 saturated carbocycles. The molecule has 1 heterocycles. The molecule has 1 saturated heterocycles. The Kier molecular flexibility index (Phi) is 3.27. The van der Waals surface area contributed by atoms with Gasteiger partial charge in [-0.1, -0.05) is 0 Å². The summed E-state index contributed by atoms with van der Waals surface area (Å²) in [5.41, 5.74) is -0.0609. The highest BCUT2D eigenvalue weighted by Crippen LogP contribution is 2.28. The van der Waals surface area contributed by atoms with Gasteiger partial charge in [0.25, 0.3) is 0 Å². The number of aliphatic hydroxyl groups excluding tert-OH is 1. The Bertz CT molecular complexity index is 191. The molecule has 1 atom stereocenters. The van der Waals surface area contributed by atoms with Crippen LogP contribution in [0.4, 0.5) is 0 Å². The first-order valence-corrected chi connectivity index (χ1v) is 4.59. The van der Waals surface area contributed by atoms with Crippen LogP contribution in [0.15, 0.2) is 0 Å². The predicted molar refractivity (Wildman–Crippen MR) is 48.3 cm³/mol. The molecule has 0 aromatic carbocycles. The Morgan fingerprint density at radius 1 is 1.69 bits per heavy atom. The van der Waals surface area contributed by atoms with Crippen molar-refractivity contribution in [2.45, 2.75) is 38.4 Å². The van der Waals surface area contributed by atoms with Gasteiger partial charge in [0.2, 0.25) is 5.91 Å². The molecule has 0 bridgehead atoms. The molecule has 1 fully saturated rings. The molecule has 1 aliphatic heterocycles. The Morgan fingerprint density at radius 3 is 2.85 bits per heavy atom. The normalized spacial score (nSPS) is 25.9. The molecule has 76 valence electrons. The van der Waals surface area contributed by atoms with Crippen molar-refractivity contribution in [3.8, 4) is 0 Å². The topological polar surface area (TPSA) is 58.6 Å². The SMILES string of the molecule is CC1(C)CCC(CNC(=O)CO)O1. The summed E-state index contributed by atoms with van der Waals surface area (Å²) in [7, 11) is 0. The maximum atomic E-state index is 10.7. The summed E-state index contributed by atoms with van der Waals surface area (Å²) in [6.07, 6.45) is 2.09. The van der Waals surface area contributed by atoms with E-state index in [1.165, 1.54) is 0 Å². The van der Waals surface area contributed by atoms with Crippen LogP contribution in [-0.2, 0) is 9.53 Å². The van der Waals surface area contributed by atoms with Crippen molar-refractivity contribution >= 4 is 5.91 Å². The van der Waals surface area contributed by atoms with E-state index in [-0.39, 0.29) is 17.6 Å². The minimum atomic E-state index is -0.448. The third kappa shape index (κ3) is 3.32. The second-order valence-electron chi connectivity index (χ2n) is 4.00. The highest BCUT2D eigenvalue weighted by atomic mass is 16.5. The minimum Gasteiger partial charge on any atom is -0.387 e. The highest BCUT2D eigenvalue weighted by Gasteiger charge is 2.31. The van der Waals surface area contributed by atoms with E-state index >= 15 is 0 Å². The summed E-state index contributed by atoms with van der Waals surface area (Å²) < 4.78 is 5.65. The number of rotatable bonds is 3. The monoisotopic (exact) mass is 187 g/mol. The van der Waals surface area contributed by atoms with E-state index in [1.54, 1.807) is 0 Å². The fraction of sp³-hybridized carbons (Fsp3) is 0.889. The molecule has 0 radical (unpaired) electrons. The number of hydrogen-bond donors (Lipinski definition) is 2. The molecule has 13 heavy (non-hydrogen) atoms. The van der Waals surface area contributed by atoms with Gasteiger partial charge >= 0.3 is 0 Å². The van der Waals surface area contributed by atoms with Crippen LogP contribution in [0.1, 0.15) is 26.7 Å². The van der Waals surface area contributed by atoms with Crippen molar-refractivity contribution < 1.29 is 14.6 Å². The third-order valence-corrected chi connectivity index (χ3v) is 2.22. The largest absolute Gasteiger partial charge is 0.387 e. The van der Waals surface area contributed by atoms with E-state index in [0.717, 1.165) is 12.8 Å². The molecule has 1 rings (SSSR count). The fourth-order valence-electron chi connectivity index (χ4n) is 1.50. The molecule has 0 spiro atoms. The van der Waals surface area contributed by atoms with E-state index in [1.807, 2.05) is 13.8 Å². The Balaban J connectivity index is 2.21. The lowest BCUT2D eigenvalue weighted by Gasteiger charge is -2.19. The molecule has 1 amide bonds. The zero-order valence-electron chi connectivity index (χ0n) is 8.17. The van der Waals surface area contributed by atoms with Crippen LogP contribution >= 0.6 is 0 Å². The first kappa shape index (κ1) is 10.5. The molecule has 1 unspecified atom stereocenters. The van der Waals surface area contributed by atoms with E-state index < -0.39 is 6.61 Å². The van der Waals surface area contributed by atoms with Crippen molar-refractivity contribution in [3.05, 3.63) is 0 Å². The maximum Gasteiger partial charge on any atom is 0.245 e. The number of carbonyl (C=O) groups is 1. The average Bonchev–Trinajstić information content (AvgIpc) is 2.41. The summed E-state index contributed by atoms with van der Waals surface area (Å²) in [6, 6.07) is 0. The van der Waals surface area contributed by atoms with Crippen molar-refractivity contribution in [1.29, 1.82) is 0 Å². The summed E-state index contributed by atoms with van der Waals surface area (Å²) in [5.74, 6) is -0.340.